The summed E-state index contributed by atoms with van der Waals surface area (Å²) >= 11 is 0. The lowest BCUT2D eigenvalue weighted by molar-refractivity contribution is 0.188. The SMILES string of the molecule is C[C@]1(CC#N)CC[C@@H](NCc2ccc(-c3ccccc3)cc2)CC1. The minimum Gasteiger partial charge on any atom is -0.310 e. The fourth-order valence-corrected chi connectivity index (χ4v) is 3.59. The van der Waals surface area contributed by atoms with Gasteiger partial charge in [0.1, 0.15) is 0 Å². The third kappa shape index (κ3) is 4.24. The van der Waals surface area contributed by atoms with Gasteiger partial charge in [-0.1, -0.05) is 61.5 Å². The molecule has 0 saturated heterocycles. The normalized spacial score (nSPS) is 23.6. The zero-order valence-corrected chi connectivity index (χ0v) is 14.5. The van der Waals surface area contributed by atoms with Crippen LogP contribution in [0, 0.1) is 16.7 Å². The van der Waals surface area contributed by atoms with Crippen LogP contribution in [0.5, 0.6) is 0 Å². The highest BCUT2D eigenvalue weighted by Gasteiger charge is 2.30. The monoisotopic (exact) mass is 318 g/mol. The van der Waals surface area contributed by atoms with Gasteiger partial charge in [0.2, 0.25) is 0 Å². The van der Waals surface area contributed by atoms with Gasteiger partial charge in [0.15, 0.2) is 0 Å². The minimum absolute atomic E-state index is 0.240. The molecule has 3 rings (SSSR count). The van der Waals surface area contributed by atoms with Gasteiger partial charge in [-0.3, -0.25) is 0 Å². The number of nitriles is 1. The molecular formula is C22H26N2. The summed E-state index contributed by atoms with van der Waals surface area (Å²) in [5.41, 5.74) is 4.11. The van der Waals surface area contributed by atoms with Crippen molar-refractivity contribution in [2.75, 3.05) is 0 Å². The van der Waals surface area contributed by atoms with Crippen LogP contribution in [0.25, 0.3) is 11.1 Å². The summed E-state index contributed by atoms with van der Waals surface area (Å²) in [6.45, 7) is 3.18. The molecule has 0 spiro atoms. The number of rotatable bonds is 5. The van der Waals surface area contributed by atoms with Crippen molar-refractivity contribution in [1.82, 2.24) is 5.32 Å². The average Bonchev–Trinajstić information content (AvgIpc) is 2.63. The van der Waals surface area contributed by atoms with Crippen LogP contribution in [0.3, 0.4) is 0 Å². The molecule has 0 bridgehead atoms. The Morgan fingerprint density at radius 1 is 1.00 bits per heavy atom. The Labute approximate surface area is 145 Å². The molecule has 0 heterocycles. The van der Waals surface area contributed by atoms with E-state index in [1.54, 1.807) is 0 Å². The van der Waals surface area contributed by atoms with Crippen LogP contribution in [0.1, 0.15) is 44.6 Å². The molecule has 2 aromatic carbocycles. The quantitative estimate of drug-likeness (QED) is 0.811. The zero-order chi connectivity index (χ0) is 16.8. The highest BCUT2D eigenvalue weighted by atomic mass is 14.9. The van der Waals surface area contributed by atoms with Gasteiger partial charge in [0, 0.05) is 19.0 Å². The number of nitrogens with zero attached hydrogens (tertiary/aromatic N) is 1. The topological polar surface area (TPSA) is 35.8 Å². The van der Waals surface area contributed by atoms with E-state index in [0.717, 1.165) is 19.4 Å². The van der Waals surface area contributed by atoms with E-state index in [0.29, 0.717) is 12.5 Å². The van der Waals surface area contributed by atoms with Crippen LogP contribution in [-0.2, 0) is 6.54 Å². The van der Waals surface area contributed by atoms with Gasteiger partial charge in [0.25, 0.3) is 0 Å². The van der Waals surface area contributed by atoms with Crippen molar-refractivity contribution >= 4 is 0 Å². The maximum absolute atomic E-state index is 8.94. The minimum atomic E-state index is 0.240. The van der Waals surface area contributed by atoms with Crippen LogP contribution in [0.4, 0.5) is 0 Å². The summed E-state index contributed by atoms with van der Waals surface area (Å²) in [5.74, 6) is 0. The van der Waals surface area contributed by atoms with Crippen LogP contribution < -0.4 is 5.32 Å². The summed E-state index contributed by atoms with van der Waals surface area (Å²) in [6.07, 6.45) is 5.37. The first-order valence-corrected chi connectivity index (χ1v) is 8.93. The largest absolute Gasteiger partial charge is 0.310 e. The van der Waals surface area contributed by atoms with Crippen LogP contribution >= 0.6 is 0 Å². The van der Waals surface area contributed by atoms with E-state index < -0.39 is 0 Å². The lowest BCUT2D eigenvalue weighted by Gasteiger charge is -2.36. The van der Waals surface area contributed by atoms with Crippen LogP contribution in [0.2, 0.25) is 0 Å². The molecule has 1 fully saturated rings. The van der Waals surface area contributed by atoms with Crippen molar-refractivity contribution in [1.29, 1.82) is 5.26 Å². The Hall–Kier alpha value is -2.11. The van der Waals surface area contributed by atoms with E-state index in [2.05, 4.69) is 66.8 Å². The molecule has 0 amide bonds. The lowest BCUT2D eigenvalue weighted by Crippen LogP contribution is -2.36. The molecule has 0 atom stereocenters. The van der Waals surface area contributed by atoms with Gasteiger partial charge >= 0.3 is 0 Å². The molecule has 24 heavy (non-hydrogen) atoms. The molecule has 0 unspecified atom stereocenters. The summed E-state index contributed by atoms with van der Waals surface area (Å²) in [4.78, 5) is 0. The van der Waals surface area contributed by atoms with Gasteiger partial charge in [-0.05, 0) is 47.8 Å². The highest BCUT2D eigenvalue weighted by Crippen LogP contribution is 2.38. The summed E-state index contributed by atoms with van der Waals surface area (Å²) < 4.78 is 0. The molecule has 124 valence electrons. The van der Waals surface area contributed by atoms with Gasteiger partial charge < -0.3 is 5.32 Å². The van der Waals surface area contributed by atoms with E-state index in [1.165, 1.54) is 29.5 Å². The Balaban J connectivity index is 1.50. The summed E-state index contributed by atoms with van der Waals surface area (Å²) in [7, 11) is 0. The third-order valence-electron chi connectivity index (χ3n) is 5.35. The molecule has 2 aromatic rings. The standard InChI is InChI=1S/C22H26N2/c1-22(15-16-23)13-11-21(12-14-22)24-17-18-7-9-20(10-8-18)19-5-3-2-4-6-19/h2-10,21,24H,11-15,17H2,1H3/t21-,22+. The molecule has 2 nitrogen and oxygen atoms in total. The molecular weight excluding hydrogens is 292 g/mol. The summed E-state index contributed by atoms with van der Waals surface area (Å²) in [6, 6.07) is 22.3. The number of hydrogen-bond donors (Lipinski definition) is 1. The maximum Gasteiger partial charge on any atom is 0.0627 e. The molecule has 1 aliphatic rings. The fourth-order valence-electron chi connectivity index (χ4n) is 3.59. The predicted molar refractivity (Wildman–Crippen MR) is 99.3 cm³/mol. The Morgan fingerprint density at radius 3 is 2.25 bits per heavy atom. The van der Waals surface area contributed by atoms with Crippen molar-refractivity contribution in [3.05, 3.63) is 60.2 Å². The van der Waals surface area contributed by atoms with Gasteiger partial charge in [-0.25, -0.2) is 0 Å². The van der Waals surface area contributed by atoms with E-state index in [1.807, 2.05) is 6.07 Å². The Bertz CT molecular complexity index is 674. The Kier molecular flexibility index (Phi) is 5.33. The van der Waals surface area contributed by atoms with E-state index in [4.69, 9.17) is 5.26 Å². The average molecular weight is 318 g/mol. The van der Waals surface area contributed by atoms with Gasteiger partial charge in [-0.15, -0.1) is 0 Å². The first-order chi connectivity index (χ1) is 11.7. The molecule has 0 radical (unpaired) electrons. The predicted octanol–water partition coefficient (Wildman–Crippen LogP) is 5.31. The lowest BCUT2D eigenvalue weighted by atomic mass is 9.72. The first-order valence-electron chi connectivity index (χ1n) is 8.93. The fraction of sp³-hybridized carbons (Fsp3) is 0.409. The zero-order valence-electron chi connectivity index (χ0n) is 14.5. The first kappa shape index (κ1) is 16.7. The highest BCUT2D eigenvalue weighted by molar-refractivity contribution is 5.63. The van der Waals surface area contributed by atoms with Crippen molar-refractivity contribution in [2.45, 2.75) is 51.6 Å². The van der Waals surface area contributed by atoms with Gasteiger partial charge in [0.05, 0.1) is 6.07 Å². The summed E-state index contributed by atoms with van der Waals surface area (Å²) in [5, 5.41) is 12.6. The van der Waals surface area contributed by atoms with E-state index in [9.17, 15) is 0 Å². The second-order valence-corrected chi connectivity index (χ2v) is 7.36. The van der Waals surface area contributed by atoms with E-state index >= 15 is 0 Å². The van der Waals surface area contributed by atoms with E-state index in [-0.39, 0.29) is 5.41 Å². The number of nitrogens with one attached hydrogen (secondary N) is 1. The molecule has 0 aliphatic heterocycles. The second-order valence-electron chi connectivity index (χ2n) is 7.36. The molecule has 1 N–H and O–H groups in total. The maximum atomic E-state index is 8.94. The van der Waals surface area contributed by atoms with Crippen molar-refractivity contribution in [3.63, 3.8) is 0 Å². The smallest absolute Gasteiger partial charge is 0.0627 e. The second kappa shape index (κ2) is 7.64. The van der Waals surface area contributed by atoms with Crippen molar-refractivity contribution in [2.24, 2.45) is 5.41 Å². The molecule has 0 aromatic heterocycles. The third-order valence-corrected chi connectivity index (χ3v) is 5.35. The molecule has 1 aliphatic carbocycles. The molecule has 2 heteroatoms. The molecule has 1 saturated carbocycles. The van der Waals surface area contributed by atoms with Gasteiger partial charge in [-0.2, -0.15) is 5.26 Å². The van der Waals surface area contributed by atoms with Crippen molar-refractivity contribution in [3.8, 4) is 17.2 Å². The van der Waals surface area contributed by atoms with Crippen LogP contribution in [0.15, 0.2) is 54.6 Å². The van der Waals surface area contributed by atoms with Crippen LogP contribution in [-0.4, -0.2) is 6.04 Å². The number of benzene rings is 2. The van der Waals surface area contributed by atoms with Crippen molar-refractivity contribution < 1.29 is 0 Å². The Morgan fingerprint density at radius 2 is 1.62 bits per heavy atom. The number of hydrogen-bond acceptors (Lipinski definition) is 2.